The number of aromatic carboxylic acids is 1. The molecule has 1 rings (SSSR count). The zero-order valence-corrected chi connectivity index (χ0v) is 28.6. The van der Waals surface area contributed by atoms with E-state index in [9.17, 15) is 29.4 Å². The van der Waals surface area contributed by atoms with Gasteiger partial charge in [0.05, 0.1) is 31.6 Å². The third-order valence-electron chi connectivity index (χ3n) is 7.81. The van der Waals surface area contributed by atoms with Gasteiger partial charge in [0.25, 0.3) is 0 Å². The summed E-state index contributed by atoms with van der Waals surface area (Å²) in [6.07, 6.45) is 21.6. The lowest BCUT2D eigenvalue weighted by atomic mass is 9.96. The van der Waals surface area contributed by atoms with Crippen LogP contribution < -0.4 is 0 Å². The van der Waals surface area contributed by atoms with Crippen LogP contribution in [-0.4, -0.2) is 58.0 Å². The van der Waals surface area contributed by atoms with E-state index in [2.05, 4.69) is 13.8 Å². The van der Waals surface area contributed by atoms with E-state index in [4.69, 9.17) is 14.6 Å². The average molecular weight is 651 g/mol. The Bertz CT molecular complexity index is 877. The Labute approximate surface area is 277 Å². The minimum absolute atomic E-state index is 0.189. The summed E-state index contributed by atoms with van der Waals surface area (Å²) in [6.45, 7) is 4.80. The maximum absolute atomic E-state index is 12.1. The molecule has 0 heterocycles. The predicted molar refractivity (Wildman–Crippen MR) is 181 cm³/mol. The van der Waals surface area contributed by atoms with Crippen molar-refractivity contribution in [3.63, 3.8) is 0 Å². The Hall–Kier alpha value is -2.94. The number of aliphatic hydroxyl groups is 1. The molecule has 0 aliphatic rings. The highest BCUT2D eigenvalue weighted by Gasteiger charge is 2.42. The highest BCUT2D eigenvalue weighted by atomic mass is 16.5. The van der Waals surface area contributed by atoms with E-state index in [1.165, 1.54) is 89.9 Å². The lowest BCUT2D eigenvalue weighted by Crippen LogP contribution is -2.43. The number of esters is 2. The predicted octanol–water partition coefficient (Wildman–Crippen LogP) is 8.90. The second-order valence-electron chi connectivity index (χ2n) is 12.2. The second-order valence-corrected chi connectivity index (χ2v) is 12.2. The Balaban J connectivity index is 0.00000191. The molecule has 0 atom stereocenters. The normalized spacial score (nSPS) is 10.9. The molecule has 0 aromatic heterocycles. The highest BCUT2D eigenvalue weighted by Crippen LogP contribution is 2.19. The summed E-state index contributed by atoms with van der Waals surface area (Å²) in [7, 11) is 0. The fourth-order valence-corrected chi connectivity index (χ4v) is 4.93. The van der Waals surface area contributed by atoms with Gasteiger partial charge in [-0.3, -0.25) is 9.59 Å². The third kappa shape index (κ3) is 25.3. The van der Waals surface area contributed by atoms with E-state index in [1.807, 2.05) is 0 Å². The molecule has 9 nitrogen and oxygen atoms in total. The van der Waals surface area contributed by atoms with Gasteiger partial charge in [0.1, 0.15) is 0 Å². The molecule has 0 saturated heterocycles. The highest BCUT2D eigenvalue weighted by molar-refractivity contribution is 5.89. The quantitative estimate of drug-likeness (QED) is 0.0597. The van der Waals surface area contributed by atoms with Crippen LogP contribution in [0.1, 0.15) is 165 Å². The molecule has 0 amide bonds. The van der Waals surface area contributed by atoms with Gasteiger partial charge in [-0.25, -0.2) is 9.59 Å². The molecule has 0 unspecified atom stereocenters. The van der Waals surface area contributed by atoms with Crippen LogP contribution in [0.3, 0.4) is 0 Å². The van der Waals surface area contributed by atoms with Crippen molar-refractivity contribution in [2.75, 3.05) is 13.2 Å². The van der Waals surface area contributed by atoms with Crippen LogP contribution >= 0.6 is 0 Å². The summed E-state index contributed by atoms with van der Waals surface area (Å²) < 4.78 is 10.2. The molecule has 0 radical (unpaired) electrons. The van der Waals surface area contributed by atoms with E-state index < -0.39 is 42.3 Å². The van der Waals surface area contributed by atoms with Crippen LogP contribution in [0.4, 0.5) is 0 Å². The maximum atomic E-state index is 12.1. The van der Waals surface area contributed by atoms with Crippen molar-refractivity contribution in [2.24, 2.45) is 0 Å². The average Bonchev–Trinajstić information content (AvgIpc) is 3.03. The van der Waals surface area contributed by atoms with E-state index in [0.29, 0.717) is 18.4 Å². The molecule has 1 aromatic carbocycles. The maximum Gasteiger partial charge on any atom is 0.336 e. The molecular formula is C37H62O9. The van der Waals surface area contributed by atoms with Gasteiger partial charge in [-0.1, -0.05) is 148 Å². The largest absolute Gasteiger partial charge is 0.479 e. The van der Waals surface area contributed by atoms with Crippen molar-refractivity contribution in [1.29, 1.82) is 0 Å². The Kier molecular flexibility index (Phi) is 27.6. The fourth-order valence-electron chi connectivity index (χ4n) is 4.93. The Morgan fingerprint density at radius 3 is 1.15 bits per heavy atom. The molecule has 0 aliphatic heterocycles. The van der Waals surface area contributed by atoms with Gasteiger partial charge in [0.2, 0.25) is 0 Å². The van der Waals surface area contributed by atoms with Crippen molar-refractivity contribution in [3.05, 3.63) is 35.9 Å². The van der Waals surface area contributed by atoms with Crippen molar-refractivity contribution in [3.8, 4) is 0 Å². The molecule has 3 N–H and O–H groups in total. The second kappa shape index (κ2) is 29.5. The molecule has 46 heavy (non-hydrogen) atoms. The zero-order chi connectivity index (χ0) is 34.3. The van der Waals surface area contributed by atoms with Gasteiger partial charge in [0, 0.05) is 0 Å². The molecule has 0 saturated carbocycles. The lowest BCUT2D eigenvalue weighted by Gasteiger charge is -2.21. The van der Waals surface area contributed by atoms with Crippen LogP contribution in [0, 0.1) is 0 Å². The number of ether oxygens (including phenoxy) is 2. The fraction of sp³-hybridized carbons (Fsp3) is 0.730. The first-order valence-electron chi connectivity index (χ1n) is 17.7. The topological polar surface area (TPSA) is 147 Å². The van der Waals surface area contributed by atoms with Crippen LogP contribution in [0.5, 0.6) is 0 Å². The van der Waals surface area contributed by atoms with Crippen molar-refractivity contribution >= 4 is 23.9 Å². The van der Waals surface area contributed by atoms with E-state index >= 15 is 0 Å². The van der Waals surface area contributed by atoms with Crippen LogP contribution in [0.25, 0.3) is 0 Å². The third-order valence-corrected chi connectivity index (χ3v) is 7.81. The van der Waals surface area contributed by atoms with Crippen LogP contribution in [-0.2, 0) is 23.9 Å². The number of carboxylic acid groups (broad SMARTS) is 2. The number of aliphatic carboxylic acids is 1. The van der Waals surface area contributed by atoms with E-state index in [0.717, 1.165) is 25.7 Å². The minimum Gasteiger partial charge on any atom is -0.479 e. The molecule has 0 bridgehead atoms. The number of benzene rings is 1. The van der Waals surface area contributed by atoms with Crippen molar-refractivity contribution < 1.29 is 44.0 Å². The van der Waals surface area contributed by atoms with Crippen molar-refractivity contribution in [2.45, 2.75) is 161 Å². The summed E-state index contributed by atoms with van der Waals surface area (Å²) in [6, 6.07) is 8.30. The molecule has 1 aromatic rings. The van der Waals surface area contributed by atoms with Gasteiger partial charge >= 0.3 is 23.9 Å². The van der Waals surface area contributed by atoms with Gasteiger partial charge < -0.3 is 24.8 Å². The number of carboxylic acids is 2. The van der Waals surface area contributed by atoms with Gasteiger partial charge in [-0.2, -0.15) is 0 Å². The van der Waals surface area contributed by atoms with Gasteiger partial charge in [-0.15, -0.1) is 0 Å². The van der Waals surface area contributed by atoms with Gasteiger partial charge in [0.15, 0.2) is 5.60 Å². The monoisotopic (exact) mass is 650 g/mol. The van der Waals surface area contributed by atoms with E-state index in [-0.39, 0.29) is 13.2 Å². The first-order valence-corrected chi connectivity index (χ1v) is 17.7. The number of carbonyl (C=O) groups excluding carboxylic acids is 2. The van der Waals surface area contributed by atoms with E-state index in [1.54, 1.807) is 30.3 Å². The summed E-state index contributed by atoms with van der Waals surface area (Å²) in [5.74, 6) is -4.14. The summed E-state index contributed by atoms with van der Waals surface area (Å²) >= 11 is 0. The first kappa shape index (κ1) is 43.1. The number of carbonyl (C=O) groups is 4. The molecule has 9 heteroatoms. The summed E-state index contributed by atoms with van der Waals surface area (Å²) in [4.78, 5) is 45.9. The molecular weight excluding hydrogens is 588 g/mol. The standard InChI is InChI=1S/C30H56O7.C7H6O2/c1-3-5-7-9-11-13-15-17-19-21-23-36-27(31)25-30(35,29(33)34)26-28(32)37-24-22-20-18-16-14-12-10-8-6-4-2;8-7(9)6-4-2-1-3-5-6/h35H,3-26H2,1-2H3,(H,33,34);1-5H,(H,8,9). The number of rotatable bonds is 28. The summed E-state index contributed by atoms with van der Waals surface area (Å²) in [5, 5.41) is 28.2. The molecule has 264 valence electrons. The zero-order valence-electron chi connectivity index (χ0n) is 28.6. The van der Waals surface area contributed by atoms with Crippen LogP contribution in [0.2, 0.25) is 0 Å². The molecule has 0 spiro atoms. The smallest absolute Gasteiger partial charge is 0.336 e. The Morgan fingerprint density at radius 1 is 0.543 bits per heavy atom. The van der Waals surface area contributed by atoms with Gasteiger partial charge in [-0.05, 0) is 25.0 Å². The summed E-state index contributed by atoms with van der Waals surface area (Å²) in [5.41, 5.74) is -2.18. The Morgan fingerprint density at radius 2 is 0.870 bits per heavy atom. The van der Waals surface area contributed by atoms with Crippen molar-refractivity contribution in [1.82, 2.24) is 0 Å². The SMILES string of the molecule is CCCCCCCCCCCCOC(=O)CC(O)(CC(=O)OCCCCCCCCCCCC)C(=O)O.O=C(O)c1ccccc1. The van der Waals surface area contributed by atoms with Crippen LogP contribution in [0.15, 0.2) is 30.3 Å². The lowest BCUT2D eigenvalue weighted by molar-refractivity contribution is -0.173. The molecule has 0 aliphatic carbocycles. The number of unbranched alkanes of at least 4 members (excludes halogenated alkanes) is 18. The first-order chi connectivity index (χ1) is 22.2. The number of hydrogen-bond donors (Lipinski definition) is 3. The minimum atomic E-state index is -2.51. The number of hydrogen-bond acceptors (Lipinski definition) is 7. The molecule has 0 fully saturated rings.